The molecule has 0 aliphatic heterocycles. The fourth-order valence-electron chi connectivity index (χ4n) is 5.18. The molecule has 2 aliphatic carbocycles. The number of methoxy groups -OCH3 is 1. The van der Waals surface area contributed by atoms with E-state index in [-0.39, 0.29) is 37.6 Å². The van der Waals surface area contributed by atoms with Crippen molar-refractivity contribution in [3.8, 4) is 5.75 Å². The summed E-state index contributed by atoms with van der Waals surface area (Å²) in [7, 11) is -1.69. The molecule has 1 aromatic carbocycles. The molecule has 2 saturated carbocycles. The Bertz CT molecular complexity index is 1240. The van der Waals surface area contributed by atoms with Gasteiger partial charge in [-0.25, -0.2) is 15.0 Å². The fourth-order valence-corrected chi connectivity index (χ4v) is 6.61. The van der Waals surface area contributed by atoms with Crippen LogP contribution in [0.3, 0.4) is 0 Å². The number of hydrogen-bond acceptors (Lipinski definition) is 10. The Balaban J connectivity index is 1.39. The van der Waals surface area contributed by atoms with Crippen LogP contribution < -0.4 is 10.5 Å². The Morgan fingerprint density at radius 2 is 1.86 bits per heavy atom. The summed E-state index contributed by atoms with van der Waals surface area (Å²) in [6.45, 7) is 4.57. The number of anilines is 1. The lowest BCUT2D eigenvalue weighted by atomic mass is 10.1. The van der Waals surface area contributed by atoms with E-state index in [0.29, 0.717) is 30.0 Å². The van der Waals surface area contributed by atoms with Crippen LogP contribution in [0.25, 0.3) is 11.2 Å². The molecule has 194 valence electrons. The third-order valence-electron chi connectivity index (χ3n) is 6.91. The molecule has 5 rings (SSSR count). The molecule has 2 N–H and O–H groups in total. The molecule has 4 atom stereocenters. The summed E-state index contributed by atoms with van der Waals surface area (Å²) in [6, 6.07) is 7.71. The van der Waals surface area contributed by atoms with Crippen molar-refractivity contribution in [2.24, 2.45) is 5.92 Å². The first-order valence-electron chi connectivity index (χ1n) is 12.1. The van der Waals surface area contributed by atoms with E-state index in [1.807, 2.05) is 28.8 Å². The van der Waals surface area contributed by atoms with Gasteiger partial charge >= 0.3 is 7.60 Å². The van der Waals surface area contributed by atoms with Crippen molar-refractivity contribution in [1.29, 1.82) is 0 Å². The van der Waals surface area contributed by atoms with Crippen LogP contribution in [0.4, 0.5) is 5.82 Å². The summed E-state index contributed by atoms with van der Waals surface area (Å²) >= 11 is 0. The largest absolute Gasteiger partial charge is 0.497 e. The molecule has 0 saturated heterocycles. The van der Waals surface area contributed by atoms with Crippen molar-refractivity contribution in [2.45, 2.75) is 51.0 Å². The van der Waals surface area contributed by atoms with Crippen LogP contribution in [0.5, 0.6) is 5.75 Å². The molecule has 12 heteroatoms. The molecule has 0 unspecified atom stereocenters. The highest BCUT2D eigenvalue weighted by Gasteiger charge is 2.68. The van der Waals surface area contributed by atoms with E-state index in [2.05, 4.69) is 15.0 Å². The quantitative estimate of drug-likeness (QED) is 0.352. The predicted octanol–water partition coefficient (Wildman–Crippen LogP) is 3.95. The zero-order valence-corrected chi connectivity index (χ0v) is 21.6. The first-order chi connectivity index (χ1) is 17.4. The van der Waals surface area contributed by atoms with E-state index in [4.69, 9.17) is 29.0 Å². The minimum Gasteiger partial charge on any atom is -0.497 e. The van der Waals surface area contributed by atoms with Crippen LogP contribution in [-0.2, 0) is 29.7 Å². The monoisotopic (exact) mass is 517 g/mol. The van der Waals surface area contributed by atoms with Crippen molar-refractivity contribution < 1.29 is 27.8 Å². The molecule has 2 heterocycles. The lowest BCUT2D eigenvalue weighted by molar-refractivity contribution is -0.0151. The third kappa shape index (κ3) is 4.73. The van der Waals surface area contributed by atoms with Crippen LogP contribution in [0.1, 0.15) is 38.3 Å². The van der Waals surface area contributed by atoms with Gasteiger partial charge in [-0.15, -0.1) is 0 Å². The Labute approximate surface area is 209 Å². The lowest BCUT2D eigenvalue weighted by Crippen LogP contribution is -2.26. The maximum Gasteiger partial charge on any atom is 0.356 e. The van der Waals surface area contributed by atoms with E-state index in [1.54, 1.807) is 27.3 Å². The number of aromatic nitrogens is 4. The van der Waals surface area contributed by atoms with E-state index < -0.39 is 13.2 Å². The zero-order valence-electron chi connectivity index (χ0n) is 20.7. The molecule has 0 spiro atoms. The molecule has 2 fully saturated rings. The molecule has 0 radical (unpaired) electrons. The molecule has 36 heavy (non-hydrogen) atoms. The topological polar surface area (TPSA) is 133 Å². The summed E-state index contributed by atoms with van der Waals surface area (Å²) in [4.78, 5) is 13.0. The minimum absolute atomic E-state index is 0.0823. The molecular weight excluding hydrogens is 485 g/mol. The summed E-state index contributed by atoms with van der Waals surface area (Å²) < 4.78 is 43.9. The number of ether oxygens (including phenoxy) is 3. The van der Waals surface area contributed by atoms with E-state index in [1.165, 1.54) is 6.33 Å². The maximum absolute atomic E-state index is 13.0. The standard InChI is InChI=1S/C24H32N5O6P/c1-4-34-36(30,35-5-2)15-33-24-10-18(24)21(29-14-28-20-22(25)26-13-27-23(20)29)19(11-24)32-12-16-6-8-17(31-3)9-7-16/h6-9,13-14,18-19,21H,4-5,10-12,15H2,1-3H3,(H2,25,26,27)/t18-,19+,21-,24-/m1/s1. The van der Waals surface area contributed by atoms with Crippen molar-refractivity contribution >= 4 is 24.6 Å². The Morgan fingerprint density at radius 1 is 1.11 bits per heavy atom. The zero-order chi connectivity index (χ0) is 25.3. The number of fused-ring (bicyclic) bond motifs is 2. The van der Waals surface area contributed by atoms with E-state index >= 15 is 0 Å². The highest BCUT2D eigenvalue weighted by Crippen LogP contribution is 2.65. The van der Waals surface area contributed by atoms with Crippen molar-refractivity contribution in [3.63, 3.8) is 0 Å². The molecule has 3 aromatic rings. The maximum atomic E-state index is 13.0. The van der Waals surface area contributed by atoms with Gasteiger partial charge in [-0.2, -0.15) is 0 Å². The van der Waals surface area contributed by atoms with Gasteiger partial charge in [-0.1, -0.05) is 12.1 Å². The molecule has 11 nitrogen and oxygen atoms in total. The number of rotatable bonds is 12. The van der Waals surface area contributed by atoms with Gasteiger partial charge in [0.1, 0.15) is 23.9 Å². The predicted molar refractivity (Wildman–Crippen MR) is 133 cm³/mol. The Hall–Kier alpha value is -2.56. The van der Waals surface area contributed by atoms with Crippen LogP contribution >= 0.6 is 7.60 Å². The van der Waals surface area contributed by atoms with Gasteiger partial charge in [0.25, 0.3) is 0 Å². The Kier molecular flexibility index (Phi) is 7.02. The average molecular weight is 518 g/mol. The van der Waals surface area contributed by atoms with Gasteiger partial charge < -0.3 is 33.6 Å². The first kappa shape index (κ1) is 25.1. The number of imidazole rings is 1. The molecule has 2 aliphatic rings. The van der Waals surface area contributed by atoms with Gasteiger partial charge in [0, 0.05) is 12.3 Å². The summed E-state index contributed by atoms with van der Waals surface area (Å²) in [5, 5.41) is 0. The third-order valence-corrected chi connectivity index (χ3v) is 8.66. The second-order valence-corrected chi connectivity index (χ2v) is 11.1. The van der Waals surface area contributed by atoms with Crippen molar-refractivity contribution in [1.82, 2.24) is 19.5 Å². The second kappa shape index (κ2) is 10.1. The highest BCUT2D eigenvalue weighted by molar-refractivity contribution is 7.53. The van der Waals surface area contributed by atoms with Crippen molar-refractivity contribution in [2.75, 3.05) is 32.4 Å². The summed E-state index contributed by atoms with van der Waals surface area (Å²) in [5.41, 5.74) is 7.80. The SMILES string of the molecule is CCOP(=O)(CO[C@]12C[C@H](OCc3ccc(OC)cc3)[C@H](n3cnc4c(N)ncnc43)[C@H]1C2)OCC. The minimum atomic E-state index is -3.34. The van der Waals surface area contributed by atoms with Gasteiger partial charge in [0.15, 0.2) is 11.5 Å². The van der Waals surface area contributed by atoms with Crippen LogP contribution in [0.15, 0.2) is 36.9 Å². The molecular formula is C24H32N5O6P. The van der Waals surface area contributed by atoms with Crippen molar-refractivity contribution in [3.05, 3.63) is 42.5 Å². The van der Waals surface area contributed by atoms with E-state index in [0.717, 1.165) is 17.7 Å². The fraction of sp³-hybridized carbons (Fsp3) is 0.542. The lowest BCUT2D eigenvalue weighted by Gasteiger charge is -2.25. The van der Waals surface area contributed by atoms with Crippen LogP contribution in [0.2, 0.25) is 0 Å². The van der Waals surface area contributed by atoms with Crippen LogP contribution in [-0.4, -0.2) is 57.9 Å². The summed E-state index contributed by atoms with van der Waals surface area (Å²) in [5.74, 6) is 1.25. The normalized spacial score (nSPS) is 25.2. The van der Waals surface area contributed by atoms with Gasteiger partial charge in [-0.05, 0) is 38.0 Å². The number of benzene rings is 1. The van der Waals surface area contributed by atoms with E-state index in [9.17, 15) is 4.57 Å². The highest BCUT2D eigenvalue weighted by atomic mass is 31.2. The number of nitrogen functional groups attached to an aromatic ring is 1. The summed E-state index contributed by atoms with van der Waals surface area (Å²) in [6.07, 6.45) is 4.34. The average Bonchev–Trinajstić information content (AvgIpc) is 3.24. The molecule has 0 amide bonds. The number of hydrogen-bond donors (Lipinski definition) is 1. The van der Waals surface area contributed by atoms with Gasteiger partial charge in [0.05, 0.1) is 51.0 Å². The second-order valence-electron chi connectivity index (χ2n) is 9.07. The molecule has 2 aromatic heterocycles. The smallest absolute Gasteiger partial charge is 0.356 e. The Morgan fingerprint density at radius 3 is 2.56 bits per heavy atom. The number of nitrogens with two attached hydrogens (primary N) is 1. The molecule has 0 bridgehead atoms. The first-order valence-corrected chi connectivity index (χ1v) is 13.8. The van der Waals surface area contributed by atoms with Crippen LogP contribution in [0, 0.1) is 5.92 Å². The van der Waals surface area contributed by atoms with Gasteiger partial charge in [0.2, 0.25) is 0 Å². The van der Waals surface area contributed by atoms with Gasteiger partial charge in [-0.3, -0.25) is 4.57 Å². The number of nitrogens with zero attached hydrogens (tertiary/aromatic N) is 4.